The molecule has 2 amide bonds. The van der Waals surface area contributed by atoms with Crippen molar-refractivity contribution in [1.82, 2.24) is 10.2 Å². The molecule has 0 aromatic heterocycles. The molecule has 0 saturated carbocycles. The third-order valence-electron chi connectivity index (χ3n) is 3.85. The first-order valence-corrected chi connectivity index (χ1v) is 7.69. The van der Waals surface area contributed by atoms with Crippen molar-refractivity contribution in [3.05, 3.63) is 34.9 Å². The zero-order chi connectivity index (χ0) is 16.1. The molecule has 1 saturated heterocycles. The van der Waals surface area contributed by atoms with E-state index in [4.69, 9.17) is 16.3 Å². The summed E-state index contributed by atoms with van der Waals surface area (Å²) < 4.78 is 5.07. The molecular weight excluding hydrogens is 304 g/mol. The minimum atomic E-state index is -0.292. The molecule has 1 aliphatic heterocycles. The van der Waals surface area contributed by atoms with Crippen molar-refractivity contribution in [1.29, 1.82) is 0 Å². The molecule has 5 nitrogen and oxygen atoms in total. The minimum Gasteiger partial charge on any atom is -0.383 e. The van der Waals surface area contributed by atoms with Gasteiger partial charge < -0.3 is 15.0 Å². The third kappa shape index (κ3) is 4.21. The van der Waals surface area contributed by atoms with E-state index in [1.807, 2.05) is 19.1 Å². The van der Waals surface area contributed by atoms with Crippen LogP contribution in [0, 0.1) is 5.92 Å². The molecule has 0 bridgehead atoms. The molecule has 1 fully saturated rings. The molecule has 2 rings (SSSR count). The summed E-state index contributed by atoms with van der Waals surface area (Å²) in [5, 5.41) is 3.55. The first-order valence-electron chi connectivity index (χ1n) is 7.31. The molecular formula is C16H21ClN2O3. The molecule has 120 valence electrons. The van der Waals surface area contributed by atoms with Crippen molar-refractivity contribution in [3.8, 4) is 0 Å². The van der Waals surface area contributed by atoms with Gasteiger partial charge in [0, 0.05) is 31.6 Å². The van der Waals surface area contributed by atoms with Crippen LogP contribution in [0.15, 0.2) is 24.3 Å². The number of carbonyl (C=O) groups excluding carboxylic acids is 2. The van der Waals surface area contributed by atoms with Gasteiger partial charge in [0.15, 0.2) is 0 Å². The highest BCUT2D eigenvalue weighted by molar-refractivity contribution is 6.30. The van der Waals surface area contributed by atoms with E-state index in [-0.39, 0.29) is 30.2 Å². The Morgan fingerprint density at radius 1 is 1.45 bits per heavy atom. The summed E-state index contributed by atoms with van der Waals surface area (Å²) in [5.74, 6) is -0.370. The Balaban J connectivity index is 1.85. The van der Waals surface area contributed by atoms with Gasteiger partial charge in [-0.2, -0.15) is 0 Å². The van der Waals surface area contributed by atoms with Crippen LogP contribution in [0.25, 0.3) is 0 Å². The Morgan fingerprint density at radius 3 is 2.77 bits per heavy atom. The number of ether oxygens (including phenoxy) is 1. The summed E-state index contributed by atoms with van der Waals surface area (Å²) >= 11 is 5.82. The summed E-state index contributed by atoms with van der Waals surface area (Å²) in [6.07, 6.45) is 0.264. The van der Waals surface area contributed by atoms with Crippen LogP contribution in [0.2, 0.25) is 5.02 Å². The fourth-order valence-corrected chi connectivity index (χ4v) is 2.73. The van der Waals surface area contributed by atoms with E-state index in [2.05, 4.69) is 5.32 Å². The number of likely N-dealkylation sites (tertiary alicyclic amines) is 1. The van der Waals surface area contributed by atoms with Crippen LogP contribution >= 0.6 is 11.6 Å². The average molecular weight is 325 g/mol. The lowest BCUT2D eigenvalue weighted by Crippen LogP contribution is -2.38. The number of methoxy groups -OCH3 is 1. The van der Waals surface area contributed by atoms with Gasteiger partial charge in [-0.15, -0.1) is 0 Å². The standard InChI is InChI=1S/C16H21ClN2O3/c1-11(10-22-2)19-9-13(7-15(19)20)16(21)18-8-12-3-5-14(17)6-4-12/h3-6,11,13H,7-10H2,1-2H3,(H,18,21)/t11-,13-/m1/s1. The predicted molar refractivity (Wildman–Crippen MR) is 84.5 cm³/mol. The lowest BCUT2D eigenvalue weighted by molar-refractivity contribution is -0.130. The highest BCUT2D eigenvalue weighted by Crippen LogP contribution is 2.20. The molecule has 1 aromatic rings. The van der Waals surface area contributed by atoms with Crippen LogP contribution < -0.4 is 5.32 Å². The van der Waals surface area contributed by atoms with E-state index in [1.54, 1.807) is 24.1 Å². The van der Waals surface area contributed by atoms with Crippen molar-refractivity contribution < 1.29 is 14.3 Å². The quantitative estimate of drug-likeness (QED) is 0.868. The van der Waals surface area contributed by atoms with Crippen LogP contribution in [0.5, 0.6) is 0 Å². The fraction of sp³-hybridized carbons (Fsp3) is 0.500. The van der Waals surface area contributed by atoms with Gasteiger partial charge in [0.1, 0.15) is 0 Å². The average Bonchev–Trinajstić information content (AvgIpc) is 2.89. The van der Waals surface area contributed by atoms with Gasteiger partial charge in [0.05, 0.1) is 18.6 Å². The number of nitrogens with zero attached hydrogens (tertiary/aromatic N) is 1. The SMILES string of the molecule is COC[C@@H](C)N1C[C@H](C(=O)NCc2ccc(Cl)cc2)CC1=O. The summed E-state index contributed by atoms with van der Waals surface area (Å²) in [6, 6.07) is 7.31. The largest absolute Gasteiger partial charge is 0.383 e. The van der Waals surface area contributed by atoms with Crippen molar-refractivity contribution >= 4 is 23.4 Å². The highest BCUT2D eigenvalue weighted by atomic mass is 35.5. The molecule has 0 aliphatic carbocycles. The van der Waals surface area contributed by atoms with Gasteiger partial charge in [-0.3, -0.25) is 9.59 Å². The predicted octanol–water partition coefficient (Wildman–Crippen LogP) is 1.84. The molecule has 2 atom stereocenters. The second-order valence-electron chi connectivity index (χ2n) is 5.60. The maximum atomic E-state index is 12.2. The molecule has 0 spiro atoms. The smallest absolute Gasteiger partial charge is 0.225 e. The highest BCUT2D eigenvalue weighted by Gasteiger charge is 2.36. The Morgan fingerprint density at radius 2 is 2.14 bits per heavy atom. The van der Waals surface area contributed by atoms with Gasteiger partial charge in [-0.1, -0.05) is 23.7 Å². The van der Waals surface area contributed by atoms with Gasteiger partial charge in [-0.05, 0) is 24.6 Å². The van der Waals surface area contributed by atoms with Gasteiger partial charge in [0.25, 0.3) is 0 Å². The topological polar surface area (TPSA) is 58.6 Å². The van der Waals surface area contributed by atoms with Crippen molar-refractivity contribution in [2.45, 2.75) is 25.9 Å². The Bertz CT molecular complexity index is 533. The van der Waals surface area contributed by atoms with Gasteiger partial charge in [0.2, 0.25) is 11.8 Å². The number of carbonyl (C=O) groups is 2. The molecule has 22 heavy (non-hydrogen) atoms. The van der Waals surface area contributed by atoms with E-state index < -0.39 is 0 Å². The van der Waals surface area contributed by atoms with Crippen LogP contribution in [-0.4, -0.2) is 43.0 Å². The second-order valence-corrected chi connectivity index (χ2v) is 6.03. The molecule has 1 N–H and O–H groups in total. The summed E-state index contributed by atoms with van der Waals surface area (Å²) in [7, 11) is 1.60. The normalized spacial score (nSPS) is 19.3. The van der Waals surface area contributed by atoms with E-state index in [0.717, 1.165) is 5.56 Å². The molecule has 0 radical (unpaired) electrons. The number of nitrogens with one attached hydrogen (secondary N) is 1. The maximum Gasteiger partial charge on any atom is 0.225 e. The molecule has 1 aliphatic rings. The number of benzene rings is 1. The fourth-order valence-electron chi connectivity index (χ4n) is 2.60. The number of halogens is 1. The lowest BCUT2D eigenvalue weighted by atomic mass is 10.1. The maximum absolute atomic E-state index is 12.2. The van der Waals surface area contributed by atoms with Crippen molar-refractivity contribution in [2.24, 2.45) is 5.92 Å². The van der Waals surface area contributed by atoms with E-state index >= 15 is 0 Å². The Labute approximate surface area is 135 Å². The van der Waals surface area contributed by atoms with Crippen LogP contribution in [0.3, 0.4) is 0 Å². The monoisotopic (exact) mass is 324 g/mol. The zero-order valence-corrected chi connectivity index (χ0v) is 13.6. The summed E-state index contributed by atoms with van der Waals surface area (Å²) in [4.78, 5) is 25.9. The second kappa shape index (κ2) is 7.61. The lowest BCUT2D eigenvalue weighted by Gasteiger charge is -2.23. The van der Waals surface area contributed by atoms with Crippen molar-refractivity contribution in [2.75, 3.05) is 20.3 Å². The van der Waals surface area contributed by atoms with Crippen LogP contribution in [0.4, 0.5) is 0 Å². The number of amides is 2. The Kier molecular flexibility index (Phi) is 5.80. The minimum absolute atomic E-state index is 0.00781. The first kappa shape index (κ1) is 16.8. The molecule has 0 unspecified atom stereocenters. The van der Waals surface area contributed by atoms with E-state index in [0.29, 0.717) is 24.7 Å². The number of rotatable bonds is 6. The van der Waals surface area contributed by atoms with E-state index in [1.165, 1.54) is 0 Å². The zero-order valence-electron chi connectivity index (χ0n) is 12.8. The Hall–Kier alpha value is -1.59. The number of hydrogen-bond donors (Lipinski definition) is 1. The third-order valence-corrected chi connectivity index (χ3v) is 4.10. The van der Waals surface area contributed by atoms with Gasteiger partial charge in [-0.25, -0.2) is 0 Å². The number of hydrogen-bond acceptors (Lipinski definition) is 3. The van der Waals surface area contributed by atoms with E-state index in [9.17, 15) is 9.59 Å². The molecule has 1 heterocycles. The van der Waals surface area contributed by atoms with Crippen LogP contribution in [0.1, 0.15) is 18.9 Å². The summed E-state index contributed by atoms with van der Waals surface area (Å²) in [5.41, 5.74) is 0.978. The van der Waals surface area contributed by atoms with Crippen molar-refractivity contribution in [3.63, 3.8) is 0 Å². The first-order chi connectivity index (χ1) is 10.5. The molecule has 6 heteroatoms. The summed E-state index contributed by atoms with van der Waals surface area (Å²) in [6.45, 7) is 3.30. The van der Waals surface area contributed by atoms with Crippen LogP contribution in [-0.2, 0) is 20.9 Å². The van der Waals surface area contributed by atoms with Gasteiger partial charge >= 0.3 is 0 Å². The molecule has 1 aromatic carbocycles.